The largest absolute Gasteiger partial charge is 0.338 e. The highest BCUT2D eigenvalue weighted by atomic mass is 35.5. The second kappa shape index (κ2) is 7.68. The van der Waals surface area contributed by atoms with E-state index in [0.717, 1.165) is 38.3 Å². The minimum Gasteiger partial charge on any atom is -0.338 e. The van der Waals surface area contributed by atoms with E-state index in [1.54, 1.807) is 11.1 Å². The Labute approximate surface area is 146 Å². The van der Waals surface area contributed by atoms with Crippen LogP contribution in [-0.2, 0) is 6.54 Å². The van der Waals surface area contributed by atoms with Crippen LogP contribution >= 0.6 is 11.6 Å². The molecule has 0 spiro atoms. The number of nitrogens with zero attached hydrogens (tertiary/aromatic N) is 3. The van der Waals surface area contributed by atoms with Gasteiger partial charge in [0.25, 0.3) is 0 Å². The predicted molar refractivity (Wildman–Crippen MR) is 95.5 cm³/mol. The molecule has 3 rings (SSSR count). The summed E-state index contributed by atoms with van der Waals surface area (Å²) in [4.78, 5) is 13.7. The van der Waals surface area contributed by atoms with Crippen LogP contribution in [0.3, 0.4) is 0 Å². The van der Waals surface area contributed by atoms with E-state index in [0.29, 0.717) is 5.02 Å². The Balaban J connectivity index is 1.53. The molecule has 6 nitrogen and oxygen atoms in total. The topological polar surface area (TPSA) is 62.2 Å². The highest BCUT2D eigenvalue weighted by Gasteiger charge is 2.19. The summed E-state index contributed by atoms with van der Waals surface area (Å²) in [5, 5.41) is 11.1. The summed E-state index contributed by atoms with van der Waals surface area (Å²) in [6.45, 7) is 5.22. The second-order valence-corrected chi connectivity index (χ2v) is 6.36. The molecule has 2 heterocycles. The lowest BCUT2D eigenvalue weighted by Gasteiger charge is -2.27. The Hall–Kier alpha value is -2.05. The van der Waals surface area contributed by atoms with Crippen LogP contribution in [-0.4, -0.2) is 35.4 Å². The van der Waals surface area contributed by atoms with Gasteiger partial charge >= 0.3 is 6.03 Å². The number of nitrogens with one attached hydrogen (secondary N) is 2. The van der Waals surface area contributed by atoms with E-state index in [9.17, 15) is 4.79 Å². The first-order valence-corrected chi connectivity index (χ1v) is 8.58. The van der Waals surface area contributed by atoms with Crippen molar-refractivity contribution in [2.75, 3.05) is 24.5 Å². The summed E-state index contributed by atoms with van der Waals surface area (Å²) in [7, 11) is 0. The van der Waals surface area contributed by atoms with Crippen molar-refractivity contribution in [3.63, 3.8) is 0 Å². The first-order valence-electron chi connectivity index (χ1n) is 8.20. The summed E-state index contributed by atoms with van der Waals surface area (Å²) in [6.07, 6.45) is 4.43. The SMILES string of the molecule is CC(NCCn1cc(Cl)cn1)c1ccc(N2CCCNC2=O)cc1. The number of hydrogen-bond donors (Lipinski definition) is 2. The number of carbonyl (C=O) groups excluding carboxylic acids is 1. The number of aromatic nitrogens is 2. The first kappa shape index (κ1) is 16.8. The maximum atomic E-state index is 11.9. The fourth-order valence-corrected chi connectivity index (χ4v) is 2.95. The van der Waals surface area contributed by atoms with E-state index in [1.165, 1.54) is 5.56 Å². The van der Waals surface area contributed by atoms with E-state index < -0.39 is 0 Å². The third-order valence-electron chi connectivity index (χ3n) is 4.18. The fourth-order valence-electron chi connectivity index (χ4n) is 2.79. The number of carbonyl (C=O) groups is 1. The number of hydrogen-bond acceptors (Lipinski definition) is 3. The molecule has 1 aliphatic heterocycles. The maximum Gasteiger partial charge on any atom is 0.321 e. The predicted octanol–water partition coefficient (Wildman–Crippen LogP) is 2.81. The van der Waals surface area contributed by atoms with Crippen molar-refractivity contribution in [3.8, 4) is 0 Å². The van der Waals surface area contributed by atoms with E-state index in [2.05, 4.69) is 34.8 Å². The highest BCUT2D eigenvalue weighted by molar-refractivity contribution is 6.30. The molecule has 1 saturated heterocycles. The average molecular weight is 348 g/mol. The average Bonchev–Trinajstić information content (AvgIpc) is 3.01. The molecule has 7 heteroatoms. The van der Waals surface area contributed by atoms with Gasteiger partial charge in [0.2, 0.25) is 0 Å². The number of benzene rings is 1. The molecular weight excluding hydrogens is 326 g/mol. The van der Waals surface area contributed by atoms with Crippen molar-refractivity contribution in [2.24, 2.45) is 0 Å². The zero-order valence-electron chi connectivity index (χ0n) is 13.7. The monoisotopic (exact) mass is 347 g/mol. The van der Waals surface area contributed by atoms with Crippen LogP contribution in [0.1, 0.15) is 24.9 Å². The van der Waals surface area contributed by atoms with Gasteiger partial charge < -0.3 is 10.6 Å². The molecule has 24 heavy (non-hydrogen) atoms. The van der Waals surface area contributed by atoms with Gasteiger partial charge in [-0.05, 0) is 31.0 Å². The molecule has 0 radical (unpaired) electrons. The maximum absolute atomic E-state index is 11.9. The lowest BCUT2D eigenvalue weighted by Crippen LogP contribution is -2.46. The van der Waals surface area contributed by atoms with Gasteiger partial charge in [0.1, 0.15) is 0 Å². The molecule has 1 aliphatic rings. The normalized spacial score (nSPS) is 16.1. The lowest BCUT2D eigenvalue weighted by atomic mass is 10.1. The van der Waals surface area contributed by atoms with Gasteiger partial charge in [0, 0.05) is 37.6 Å². The molecule has 1 unspecified atom stereocenters. The van der Waals surface area contributed by atoms with Gasteiger partial charge in [-0.15, -0.1) is 0 Å². The summed E-state index contributed by atoms with van der Waals surface area (Å²) in [5.74, 6) is 0. The van der Waals surface area contributed by atoms with Crippen LogP contribution in [0.5, 0.6) is 0 Å². The van der Waals surface area contributed by atoms with E-state index >= 15 is 0 Å². The molecule has 2 aromatic rings. The van der Waals surface area contributed by atoms with Gasteiger partial charge in [-0.3, -0.25) is 9.58 Å². The van der Waals surface area contributed by atoms with Crippen LogP contribution in [0.25, 0.3) is 0 Å². The molecule has 0 saturated carbocycles. The smallest absolute Gasteiger partial charge is 0.321 e. The molecule has 0 aliphatic carbocycles. The number of halogens is 1. The molecule has 1 fully saturated rings. The Kier molecular flexibility index (Phi) is 5.37. The third-order valence-corrected chi connectivity index (χ3v) is 4.37. The minimum absolute atomic E-state index is 0.0157. The summed E-state index contributed by atoms with van der Waals surface area (Å²) in [5.41, 5.74) is 2.13. The van der Waals surface area contributed by atoms with Gasteiger partial charge in [-0.25, -0.2) is 4.79 Å². The first-order chi connectivity index (χ1) is 11.6. The van der Waals surface area contributed by atoms with Crippen LogP contribution in [0, 0.1) is 0 Å². The van der Waals surface area contributed by atoms with Crippen LogP contribution in [0.4, 0.5) is 10.5 Å². The van der Waals surface area contributed by atoms with Crippen molar-refractivity contribution in [3.05, 3.63) is 47.2 Å². The van der Waals surface area contributed by atoms with Crippen molar-refractivity contribution in [1.82, 2.24) is 20.4 Å². The van der Waals surface area contributed by atoms with Gasteiger partial charge in [-0.2, -0.15) is 5.10 Å². The Morgan fingerprint density at radius 2 is 2.17 bits per heavy atom. The van der Waals surface area contributed by atoms with Crippen LogP contribution < -0.4 is 15.5 Å². The zero-order valence-corrected chi connectivity index (χ0v) is 14.5. The van der Waals surface area contributed by atoms with Gasteiger partial charge in [0.15, 0.2) is 0 Å². The molecule has 1 aromatic heterocycles. The zero-order chi connectivity index (χ0) is 16.9. The van der Waals surface area contributed by atoms with Gasteiger partial charge in [-0.1, -0.05) is 23.7 Å². The molecule has 1 atom stereocenters. The highest BCUT2D eigenvalue weighted by Crippen LogP contribution is 2.20. The van der Waals surface area contributed by atoms with E-state index in [4.69, 9.17) is 11.6 Å². The quantitative estimate of drug-likeness (QED) is 0.844. The Morgan fingerprint density at radius 3 is 2.83 bits per heavy atom. The molecule has 0 bridgehead atoms. The molecule has 128 valence electrons. The molecule has 2 amide bonds. The number of rotatable bonds is 6. The number of amides is 2. The van der Waals surface area contributed by atoms with Crippen molar-refractivity contribution >= 4 is 23.3 Å². The molecule has 1 aromatic carbocycles. The van der Waals surface area contributed by atoms with Crippen molar-refractivity contribution < 1.29 is 4.79 Å². The summed E-state index contributed by atoms with van der Waals surface area (Å²) < 4.78 is 1.82. The standard InChI is InChI=1S/C17H22ClN5O/c1-13(19-8-10-22-12-15(18)11-21-22)14-3-5-16(6-4-14)23-9-2-7-20-17(23)24/h3-6,11-13,19H,2,7-10H2,1H3,(H,20,24). The third kappa shape index (κ3) is 4.07. The fraction of sp³-hybridized carbons (Fsp3) is 0.412. The number of urea groups is 1. The van der Waals surface area contributed by atoms with Crippen LogP contribution in [0.2, 0.25) is 5.02 Å². The second-order valence-electron chi connectivity index (χ2n) is 5.93. The van der Waals surface area contributed by atoms with E-state index in [-0.39, 0.29) is 12.1 Å². The van der Waals surface area contributed by atoms with Gasteiger partial charge in [0.05, 0.1) is 17.8 Å². The summed E-state index contributed by atoms with van der Waals surface area (Å²) >= 11 is 5.85. The molecule has 2 N–H and O–H groups in total. The van der Waals surface area contributed by atoms with Crippen LogP contribution in [0.15, 0.2) is 36.7 Å². The van der Waals surface area contributed by atoms with Crippen molar-refractivity contribution in [2.45, 2.75) is 25.9 Å². The Bertz CT molecular complexity index is 685. The number of anilines is 1. The Morgan fingerprint density at radius 1 is 1.38 bits per heavy atom. The lowest BCUT2D eigenvalue weighted by molar-refractivity contribution is 0.243. The van der Waals surface area contributed by atoms with Crippen molar-refractivity contribution in [1.29, 1.82) is 0 Å². The minimum atomic E-state index is -0.0157. The van der Waals surface area contributed by atoms with E-state index in [1.807, 2.05) is 23.0 Å². The molecular formula is C17H22ClN5O. The summed E-state index contributed by atoms with van der Waals surface area (Å²) in [6, 6.07) is 8.36.